The van der Waals surface area contributed by atoms with Crippen molar-refractivity contribution in [3.63, 3.8) is 0 Å². The van der Waals surface area contributed by atoms with Gasteiger partial charge in [0.2, 0.25) is 0 Å². The fraction of sp³-hybridized carbons (Fsp3) is 0.286. The van der Waals surface area contributed by atoms with E-state index >= 15 is 0 Å². The summed E-state index contributed by atoms with van der Waals surface area (Å²) in [6.45, 7) is 1.64. The van der Waals surface area contributed by atoms with Gasteiger partial charge < -0.3 is 4.74 Å². The Morgan fingerprint density at radius 1 is 1.33 bits per heavy atom. The van der Waals surface area contributed by atoms with Gasteiger partial charge in [-0.2, -0.15) is 0 Å². The van der Waals surface area contributed by atoms with Gasteiger partial charge in [-0.25, -0.2) is 0 Å². The predicted molar refractivity (Wildman–Crippen MR) is 35.7 cm³/mol. The van der Waals surface area contributed by atoms with Gasteiger partial charge in [-0.1, -0.05) is 0 Å². The summed E-state index contributed by atoms with van der Waals surface area (Å²) >= 11 is 0. The largest absolute Gasteiger partial charge is 0.573 e. The summed E-state index contributed by atoms with van der Waals surface area (Å²) in [7, 11) is 0. The smallest absolute Gasteiger partial charge is 0.404 e. The Balaban J connectivity index is 2.77. The van der Waals surface area contributed by atoms with Crippen LogP contribution in [0.5, 0.6) is 5.75 Å². The second kappa shape index (κ2) is 3.00. The van der Waals surface area contributed by atoms with E-state index in [4.69, 9.17) is 0 Å². The molecule has 0 aromatic carbocycles. The number of aryl methyl sites for hydroxylation is 1. The van der Waals surface area contributed by atoms with Crippen molar-refractivity contribution in [2.75, 3.05) is 0 Å². The zero-order valence-electron chi connectivity index (χ0n) is 6.22. The zero-order valence-corrected chi connectivity index (χ0v) is 6.22. The van der Waals surface area contributed by atoms with Gasteiger partial charge in [0.05, 0.1) is 6.20 Å². The van der Waals surface area contributed by atoms with Crippen molar-refractivity contribution in [2.45, 2.75) is 13.3 Å². The standard InChI is InChI=1S/C7H6F3NO/c1-5-2-6(4-11-3-5)12-7(8,9)10/h2-4H,1H3. The van der Waals surface area contributed by atoms with Gasteiger partial charge >= 0.3 is 6.36 Å². The van der Waals surface area contributed by atoms with Crippen LogP contribution >= 0.6 is 0 Å². The van der Waals surface area contributed by atoms with Crippen molar-refractivity contribution in [1.29, 1.82) is 0 Å². The molecule has 0 radical (unpaired) electrons. The van der Waals surface area contributed by atoms with Gasteiger partial charge in [0.25, 0.3) is 0 Å². The zero-order chi connectivity index (χ0) is 9.19. The van der Waals surface area contributed by atoms with Crippen LogP contribution in [0.4, 0.5) is 13.2 Å². The molecule has 0 bridgehead atoms. The first-order chi connectivity index (χ1) is 5.47. The molecule has 2 nitrogen and oxygen atoms in total. The van der Waals surface area contributed by atoms with Crippen molar-refractivity contribution in [1.82, 2.24) is 4.98 Å². The molecule has 0 N–H and O–H groups in total. The highest BCUT2D eigenvalue weighted by molar-refractivity contribution is 5.22. The number of alkyl halides is 3. The fourth-order valence-electron chi connectivity index (χ4n) is 0.717. The fourth-order valence-corrected chi connectivity index (χ4v) is 0.717. The molecule has 5 heteroatoms. The summed E-state index contributed by atoms with van der Waals surface area (Å²) in [5.41, 5.74) is 0.622. The van der Waals surface area contributed by atoms with E-state index in [0.717, 1.165) is 6.20 Å². The quantitative estimate of drug-likeness (QED) is 0.656. The van der Waals surface area contributed by atoms with Crippen LogP contribution in [0.3, 0.4) is 0 Å². The molecule has 0 spiro atoms. The van der Waals surface area contributed by atoms with E-state index in [0.29, 0.717) is 5.56 Å². The molecule has 0 atom stereocenters. The summed E-state index contributed by atoms with van der Waals surface area (Å²) in [6, 6.07) is 1.26. The number of halogens is 3. The Hall–Kier alpha value is -1.26. The molecule has 0 saturated carbocycles. The third-order valence-corrected chi connectivity index (χ3v) is 1.08. The third-order valence-electron chi connectivity index (χ3n) is 1.08. The predicted octanol–water partition coefficient (Wildman–Crippen LogP) is 2.29. The van der Waals surface area contributed by atoms with Crippen molar-refractivity contribution in [3.8, 4) is 5.75 Å². The molecule has 12 heavy (non-hydrogen) atoms. The Kier molecular flexibility index (Phi) is 2.21. The van der Waals surface area contributed by atoms with E-state index in [1.165, 1.54) is 12.3 Å². The highest BCUT2D eigenvalue weighted by Crippen LogP contribution is 2.21. The van der Waals surface area contributed by atoms with Crippen molar-refractivity contribution < 1.29 is 17.9 Å². The Labute approximate surface area is 67.0 Å². The van der Waals surface area contributed by atoms with Gasteiger partial charge in [-0.05, 0) is 18.6 Å². The van der Waals surface area contributed by atoms with E-state index < -0.39 is 6.36 Å². The first kappa shape index (κ1) is 8.83. The molecular weight excluding hydrogens is 171 g/mol. The van der Waals surface area contributed by atoms with Crippen LogP contribution in [-0.4, -0.2) is 11.3 Å². The maximum atomic E-state index is 11.6. The molecule has 0 aliphatic rings. The van der Waals surface area contributed by atoms with Crippen LogP contribution in [-0.2, 0) is 0 Å². The second-order valence-corrected chi connectivity index (χ2v) is 2.25. The molecule has 1 aromatic heterocycles. The summed E-state index contributed by atoms with van der Waals surface area (Å²) in [5, 5.41) is 0. The summed E-state index contributed by atoms with van der Waals surface area (Å²) in [4.78, 5) is 3.54. The number of aromatic nitrogens is 1. The van der Waals surface area contributed by atoms with Crippen molar-refractivity contribution in [3.05, 3.63) is 24.0 Å². The third kappa shape index (κ3) is 2.77. The SMILES string of the molecule is Cc1cncc(OC(F)(F)F)c1. The normalized spacial score (nSPS) is 11.3. The summed E-state index contributed by atoms with van der Waals surface area (Å²) < 4.78 is 38.5. The Bertz CT molecular complexity index is 272. The van der Waals surface area contributed by atoms with E-state index in [2.05, 4.69) is 9.72 Å². The molecule has 1 heterocycles. The molecule has 0 amide bonds. The molecule has 0 saturated heterocycles. The molecule has 1 rings (SSSR count). The van der Waals surface area contributed by atoms with E-state index in [9.17, 15) is 13.2 Å². The topological polar surface area (TPSA) is 22.1 Å². The van der Waals surface area contributed by atoms with Crippen LogP contribution in [0.1, 0.15) is 5.56 Å². The van der Waals surface area contributed by atoms with Gasteiger partial charge in [0.1, 0.15) is 5.75 Å². The second-order valence-electron chi connectivity index (χ2n) is 2.25. The molecule has 0 unspecified atom stereocenters. The van der Waals surface area contributed by atoms with Gasteiger partial charge in [-0.15, -0.1) is 13.2 Å². The molecule has 0 aliphatic heterocycles. The maximum Gasteiger partial charge on any atom is 0.573 e. The lowest BCUT2D eigenvalue weighted by Gasteiger charge is -2.07. The number of nitrogens with zero attached hydrogens (tertiary/aromatic N) is 1. The van der Waals surface area contributed by atoms with Crippen LogP contribution in [0.2, 0.25) is 0 Å². The molecule has 1 aromatic rings. The number of pyridine rings is 1. The van der Waals surface area contributed by atoms with Crippen LogP contribution in [0.15, 0.2) is 18.5 Å². The number of hydrogen-bond acceptors (Lipinski definition) is 2. The van der Waals surface area contributed by atoms with Gasteiger partial charge in [-0.3, -0.25) is 4.98 Å². The Morgan fingerprint density at radius 3 is 2.50 bits per heavy atom. The number of rotatable bonds is 1. The molecular formula is C7H6F3NO. The van der Waals surface area contributed by atoms with Gasteiger partial charge in [0.15, 0.2) is 0 Å². The van der Waals surface area contributed by atoms with E-state index in [1.54, 1.807) is 6.92 Å². The van der Waals surface area contributed by atoms with E-state index in [1.807, 2.05) is 0 Å². The maximum absolute atomic E-state index is 11.6. The minimum absolute atomic E-state index is 0.289. The summed E-state index contributed by atoms with van der Waals surface area (Å²) in [5.74, 6) is -0.289. The number of ether oxygens (including phenoxy) is 1. The molecule has 66 valence electrons. The lowest BCUT2D eigenvalue weighted by Crippen LogP contribution is -2.17. The highest BCUT2D eigenvalue weighted by atomic mass is 19.4. The highest BCUT2D eigenvalue weighted by Gasteiger charge is 2.31. The van der Waals surface area contributed by atoms with Gasteiger partial charge in [0, 0.05) is 6.20 Å². The van der Waals surface area contributed by atoms with Crippen molar-refractivity contribution >= 4 is 0 Å². The monoisotopic (exact) mass is 177 g/mol. The van der Waals surface area contributed by atoms with Crippen molar-refractivity contribution in [2.24, 2.45) is 0 Å². The lowest BCUT2D eigenvalue weighted by molar-refractivity contribution is -0.274. The average Bonchev–Trinajstić information content (AvgIpc) is 1.82. The molecule has 0 fully saturated rings. The molecule has 0 aliphatic carbocycles. The van der Waals surface area contributed by atoms with E-state index in [-0.39, 0.29) is 5.75 Å². The lowest BCUT2D eigenvalue weighted by atomic mass is 10.3. The average molecular weight is 177 g/mol. The van der Waals surface area contributed by atoms with Crippen LogP contribution in [0, 0.1) is 6.92 Å². The first-order valence-corrected chi connectivity index (χ1v) is 3.15. The number of hydrogen-bond donors (Lipinski definition) is 0. The van der Waals surface area contributed by atoms with Crippen LogP contribution < -0.4 is 4.74 Å². The first-order valence-electron chi connectivity index (χ1n) is 3.15. The minimum Gasteiger partial charge on any atom is -0.404 e. The van der Waals surface area contributed by atoms with Crippen LogP contribution in [0.25, 0.3) is 0 Å². The summed E-state index contributed by atoms with van der Waals surface area (Å²) in [6.07, 6.45) is -2.18. The Morgan fingerprint density at radius 2 is 2.00 bits per heavy atom. The minimum atomic E-state index is -4.64.